The van der Waals surface area contributed by atoms with Gasteiger partial charge in [-0.25, -0.2) is 8.78 Å². The first-order valence-corrected chi connectivity index (χ1v) is 3.86. The molecule has 0 saturated carbocycles. The predicted molar refractivity (Wildman–Crippen MR) is 35.6 cm³/mol. The molecule has 0 aromatic heterocycles. The Balaban J connectivity index is 2.98. The number of carbonyl (C=O) groups is 1. The van der Waals surface area contributed by atoms with Gasteiger partial charge in [0.1, 0.15) is 0 Å². The average Bonchev–Trinajstić information content (AvgIpc) is 1.79. The number of halogens is 2. The molecule has 0 bridgehead atoms. The molecule has 0 aliphatic carbocycles. The van der Waals surface area contributed by atoms with Crippen molar-refractivity contribution in [1.82, 2.24) is 0 Å². The summed E-state index contributed by atoms with van der Waals surface area (Å²) in [6.45, 7) is 0. The van der Waals surface area contributed by atoms with Crippen LogP contribution in [0.4, 0.5) is 8.78 Å². The van der Waals surface area contributed by atoms with E-state index in [1.165, 1.54) is 0 Å². The van der Waals surface area contributed by atoms with Gasteiger partial charge in [0.05, 0.1) is 12.2 Å². The fourth-order valence-corrected chi connectivity index (χ4v) is 0.996. The van der Waals surface area contributed by atoms with Gasteiger partial charge in [0.15, 0.2) is 0 Å². The normalized spacial score (nSPS) is 10.3. The first-order chi connectivity index (χ1) is 4.63. The smallest absolute Gasteiger partial charge is 0.304 e. The van der Waals surface area contributed by atoms with Crippen molar-refractivity contribution < 1.29 is 18.7 Å². The molecule has 1 N–H and O–H groups in total. The third-order valence-corrected chi connectivity index (χ3v) is 1.68. The maximum absolute atomic E-state index is 11.4. The van der Waals surface area contributed by atoms with Gasteiger partial charge in [0, 0.05) is 5.75 Å². The van der Waals surface area contributed by atoms with Gasteiger partial charge in [-0.1, -0.05) is 0 Å². The highest BCUT2D eigenvalue weighted by Crippen LogP contribution is 2.07. The zero-order chi connectivity index (χ0) is 7.98. The molecular formula is C5H8F2O2S. The molecule has 0 heterocycles. The second kappa shape index (κ2) is 5.46. The number of hydrogen-bond donors (Lipinski definition) is 1. The Labute approximate surface area is 61.6 Å². The molecule has 2 nitrogen and oxygen atoms in total. The molecular weight excluding hydrogens is 162 g/mol. The topological polar surface area (TPSA) is 37.3 Å². The highest BCUT2D eigenvalue weighted by Gasteiger charge is 2.02. The average molecular weight is 170 g/mol. The summed E-state index contributed by atoms with van der Waals surface area (Å²) in [5.41, 5.74) is 0. The Morgan fingerprint density at radius 2 is 2.20 bits per heavy atom. The minimum atomic E-state index is -2.33. The van der Waals surface area contributed by atoms with Crippen molar-refractivity contribution in [1.29, 1.82) is 0 Å². The fourth-order valence-electron chi connectivity index (χ4n) is 0.332. The van der Waals surface area contributed by atoms with Gasteiger partial charge in [-0.3, -0.25) is 4.79 Å². The van der Waals surface area contributed by atoms with E-state index in [0.29, 0.717) is 0 Å². The molecule has 0 aromatic rings. The SMILES string of the molecule is O=C(O)CCSCC(F)F. The van der Waals surface area contributed by atoms with E-state index in [4.69, 9.17) is 5.11 Å². The summed E-state index contributed by atoms with van der Waals surface area (Å²) in [6.07, 6.45) is -2.38. The van der Waals surface area contributed by atoms with Crippen molar-refractivity contribution in [3.8, 4) is 0 Å². The Morgan fingerprint density at radius 1 is 1.60 bits per heavy atom. The van der Waals surface area contributed by atoms with Crippen LogP contribution in [0, 0.1) is 0 Å². The van der Waals surface area contributed by atoms with Gasteiger partial charge in [0.2, 0.25) is 6.43 Å². The number of hydrogen-bond acceptors (Lipinski definition) is 2. The lowest BCUT2D eigenvalue weighted by Gasteiger charge is -1.96. The first kappa shape index (κ1) is 9.68. The number of alkyl halides is 2. The van der Waals surface area contributed by atoms with Crippen LogP contribution in [0.3, 0.4) is 0 Å². The molecule has 0 saturated heterocycles. The van der Waals surface area contributed by atoms with E-state index >= 15 is 0 Å². The molecule has 10 heavy (non-hydrogen) atoms. The molecule has 0 aliphatic heterocycles. The van der Waals surface area contributed by atoms with Crippen molar-refractivity contribution >= 4 is 17.7 Å². The summed E-state index contributed by atoms with van der Waals surface area (Å²) in [5.74, 6) is -0.950. The fraction of sp³-hybridized carbons (Fsp3) is 0.800. The van der Waals surface area contributed by atoms with Crippen molar-refractivity contribution in [2.75, 3.05) is 11.5 Å². The Bertz CT molecular complexity index is 108. The number of carboxylic acids is 1. The Kier molecular flexibility index (Phi) is 5.29. The summed E-state index contributed by atoms with van der Waals surface area (Å²) in [5, 5.41) is 8.08. The molecule has 0 rings (SSSR count). The summed E-state index contributed by atoms with van der Waals surface area (Å²) in [4.78, 5) is 9.84. The van der Waals surface area contributed by atoms with E-state index in [1.807, 2.05) is 0 Å². The van der Waals surface area contributed by atoms with E-state index in [1.54, 1.807) is 0 Å². The number of thioether (sulfide) groups is 1. The van der Waals surface area contributed by atoms with Crippen LogP contribution in [0.15, 0.2) is 0 Å². The zero-order valence-electron chi connectivity index (χ0n) is 5.22. The van der Waals surface area contributed by atoms with Crippen LogP contribution >= 0.6 is 11.8 Å². The maximum Gasteiger partial charge on any atom is 0.304 e. The third-order valence-electron chi connectivity index (χ3n) is 0.704. The molecule has 0 amide bonds. The lowest BCUT2D eigenvalue weighted by atomic mass is 10.5. The minimum Gasteiger partial charge on any atom is -0.481 e. The molecule has 0 unspecified atom stereocenters. The molecule has 0 aliphatic rings. The molecule has 5 heteroatoms. The van der Waals surface area contributed by atoms with Crippen LogP contribution in [0.1, 0.15) is 6.42 Å². The lowest BCUT2D eigenvalue weighted by molar-refractivity contribution is -0.136. The van der Waals surface area contributed by atoms with E-state index in [-0.39, 0.29) is 17.9 Å². The summed E-state index contributed by atoms with van der Waals surface area (Å²) < 4.78 is 22.8. The summed E-state index contributed by atoms with van der Waals surface area (Å²) in [7, 11) is 0. The largest absolute Gasteiger partial charge is 0.481 e. The van der Waals surface area contributed by atoms with Crippen LogP contribution in [0.25, 0.3) is 0 Å². The van der Waals surface area contributed by atoms with Gasteiger partial charge in [-0.2, -0.15) is 11.8 Å². The zero-order valence-corrected chi connectivity index (χ0v) is 6.03. The van der Waals surface area contributed by atoms with Crippen LogP contribution in [-0.2, 0) is 4.79 Å². The van der Waals surface area contributed by atoms with Gasteiger partial charge in [-0.05, 0) is 0 Å². The predicted octanol–water partition coefficient (Wildman–Crippen LogP) is 1.46. The molecule has 0 aromatic carbocycles. The van der Waals surface area contributed by atoms with Gasteiger partial charge >= 0.3 is 5.97 Å². The first-order valence-electron chi connectivity index (χ1n) is 2.70. The lowest BCUT2D eigenvalue weighted by Crippen LogP contribution is -1.99. The molecule has 0 radical (unpaired) electrons. The van der Waals surface area contributed by atoms with Crippen molar-refractivity contribution in [2.24, 2.45) is 0 Å². The van der Waals surface area contributed by atoms with E-state index in [9.17, 15) is 13.6 Å². The second-order valence-electron chi connectivity index (χ2n) is 1.61. The summed E-state index contributed by atoms with van der Waals surface area (Å²) >= 11 is 0.959. The van der Waals surface area contributed by atoms with Crippen molar-refractivity contribution in [3.05, 3.63) is 0 Å². The number of aliphatic carboxylic acids is 1. The van der Waals surface area contributed by atoms with E-state index in [0.717, 1.165) is 11.8 Å². The van der Waals surface area contributed by atoms with Gasteiger partial charge in [0.25, 0.3) is 0 Å². The van der Waals surface area contributed by atoms with Gasteiger partial charge in [-0.15, -0.1) is 0 Å². The standard InChI is InChI=1S/C5H8F2O2S/c6-4(7)3-10-2-1-5(8)9/h4H,1-3H2,(H,8,9). The van der Waals surface area contributed by atoms with Gasteiger partial charge < -0.3 is 5.11 Å². The van der Waals surface area contributed by atoms with Crippen LogP contribution in [0.2, 0.25) is 0 Å². The molecule has 0 spiro atoms. The summed E-state index contributed by atoms with van der Waals surface area (Å²) in [6, 6.07) is 0. The minimum absolute atomic E-state index is 0.0443. The highest BCUT2D eigenvalue weighted by atomic mass is 32.2. The van der Waals surface area contributed by atoms with Crippen LogP contribution in [0.5, 0.6) is 0 Å². The quantitative estimate of drug-likeness (QED) is 0.634. The monoisotopic (exact) mass is 170 g/mol. The highest BCUT2D eigenvalue weighted by molar-refractivity contribution is 7.99. The Morgan fingerprint density at radius 3 is 2.60 bits per heavy atom. The molecule has 60 valence electrons. The number of carboxylic acid groups (broad SMARTS) is 1. The van der Waals surface area contributed by atoms with Crippen molar-refractivity contribution in [2.45, 2.75) is 12.8 Å². The van der Waals surface area contributed by atoms with Crippen LogP contribution < -0.4 is 0 Å². The Hall–Kier alpha value is -0.320. The van der Waals surface area contributed by atoms with Crippen molar-refractivity contribution in [3.63, 3.8) is 0 Å². The maximum atomic E-state index is 11.4. The van der Waals surface area contributed by atoms with E-state index < -0.39 is 12.4 Å². The second-order valence-corrected chi connectivity index (χ2v) is 2.76. The molecule has 0 atom stereocenters. The number of rotatable bonds is 5. The van der Waals surface area contributed by atoms with E-state index in [2.05, 4.69) is 0 Å². The van der Waals surface area contributed by atoms with Crippen LogP contribution in [-0.4, -0.2) is 29.0 Å². The molecule has 0 fully saturated rings. The third kappa shape index (κ3) is 7.68.